The number of hydrogen-bond acceptors (Lipinski definition) is 3. The van der Waals surface area contributed by atoms with Crippen LogP contribution >= 0.6 is 0 Å². The molecule has 0 spiro atoms. The molecular formula is C16H17NO2. The normalized spacial score (nSPS) is 16.1. The molecule has 3 heteroatoms. The highest BCUT2D eigenvalue weighted by atomic mass is 16.7. The number of nitrogens with two attached hydrogens (primary N) is 1. The lowest BCUT2D eigenvalue weighted by Crippen LogP contribution is -2.35. The summed E-state index contributed by atoms with van der Waals surface area (Å²) in [6.07, 6.45) is 0.785. The van der Waals surface area contributed by atoms with Crippen molar-refractivity contribution in [3.8, 4) is 11.5 Å². The molecule has 1 aliphatic heterocycles. The van der Waals surface area contributed by atoms with Gasteiger partial charge in [0.2, 0.25) is 6.79 Å². The van der Waals surface area contributed by atoms with E-state index >= 15 is 0 Å². The maximum Gasteiger partial charge on any atom is 0.231 e. The third kappa shape index (κ3) is 2.42. The standard InChI is InChI=1S/C16H17NO2/c1-16(17,10-12-5-3-2-4-6-12)13-7-8-14-15(9-13)19-11-18-14/h2-9H,10-11,17H2,1H3. The van der Waals surface area contributed by atoms with E-state index in [1.165, 1.54) is 5.56 Å². The second-order valence-electron chi connectivity index (χ2n) is 5.15. The summed E-state index contributed by atoms with van der Waals surface area (Å²) in [5, 5.41) is 0. The smallest absolute Gasteiger partial charge is 0.231 e. The van der Waals surface area contributed by atoms with Gasteiger partial charge in [0.1, 0.15) is 0 Å². The summed E-state index contributed by atoms with van der Waals surface area (Å²) in [6, 6.07) is 16.2. The summed E-state index contributed by atoms with van der Waals surface area (Å²) in [4.78, 5) is 0. The largest absolute Gasteiger partial charge is 0.454 e. The van der Waals surface area contributed by atoms with Crippen LogP contribution in [0.15, 0.2) is 48.5 Å². The van der Waals surface area contributed by atoms with Crippen LogP contribution < -0.4 is 15.2 Å². The number of rotatable bonds is 3. The number of ether oxygens (including phenoxy) is 2. The summed E-state index contributed by atoms with van der Waals surface area (Å²) >= 11 is 0. The molecule has 3 rings (SSSR count). The van der Waals surface area contributed by atoms with Crippen LogP contribution in [0.5, 0.6) is 11.5 Å². The molecular weight excluding hydrogens is 238 g/mol. The monoisotopic (exact) mass is 255 g/mol. The fourth-order valence-corrected chi connectivity index (χ4v) is 2.37. The van der Waals surface area contributed by atoms with Crippen LogP contribution in [0.1, 0.15) is 18.1 Å². The molecule has 0 aliphatic carbocycles. The van der Waals surface area contributed by atoms with E-state index in [1.54, 1.807) is 0 Å². The van der Waals surface area contributed by atoms with Gasteiger partial charge in [-0.05, 0) is 36.6 Å². The Bertz CT molecular complexity index is 579. The Kier molecular flexibility index (Phi) is 2.91. The molecule has 0 fully saturated rings. The van der Waals surface area contributed by atoms with E-state index in [1.807, 2.05) is 43.3 Å². The molecule has 2 N–H and O–H groups in total. The van der Waals surface area contributed by atoms with E-state index in [4.69, 9.17) is 15.2 Å². The van der Waals surface area contributed by atoms with Crippen LogP contribution in [-0.2, 0) is 12.0 Å². The lowest BCUT2D eigenvalue weighted by atomic mass is 9.86. The third-order valence-corrected chi connectivity index (χ3v) is 3.45. The maximum absolute atomic E-state index is 6.47. The average Bonchev–Trinajstić information content (AvgIpc) is 2.86. The van der Waals surface area contributed by atoms with Crippen molar-refractivity contribution in [1.82, 2.24) is 0 Å². The molecule has 0 aromatic heterocycles. The van der Waals surface area contributed by atoms with Crippen LogP contribution in [0.3, 0.4) is 0 Å². The Morgan fingerprint density at radius 3 is 2.58 bits per heavy atom. The van der Waals surface area contributed by atoms with Crippen LogP contribution in [0.4, 0.5) is 0 Å². The molecule has 2 aromatic rings. The first kappa shape index (κ1) is 12.1. The van der Waals surface area contributed by atoms with Gasteiger partial charge in [-0.25, -0.2) is 0 Å². The molecule has 0 saturated carbocycles. The predicted molar refractivity (Wildman–Crippen MR) is 74.3 cm³/mol. The van der Waals surface area contributed by atoms with E-state index in [-0.39, 0.29) is 0 Å². The zero-order valence-electron chi connectivity index (χ0n) is 10.9. The molecule has 1 heterocycles. The minimum absolute atomic E-state index is 0.290. The highest BCUT2D eigenvalue weighted by molar-refractivity contribution is 5.46. The van der Waals surface area contributed by atoms with E-state index in [2.05, 4.69) is 12.1 Å². The summed E-state index contributed by atoms with van der Waals surface area (Å²) in [7, 11) is 0. The molecule has 1 atom stereocenters. The van der Waals surface area contributed by atoms with Gasteiger partial charge in [0.05, 0.1) is 0 Å². The van der Waals surface area contributed by atoms with E-state index < -0.39 is 5.54 Å². The highest BCUT2D eigenvalue weighted by Gasteiger charge is 2.24. The number of hydrogen-bond donors (Lipinski definition) is 1. The van der Waals surface area contributed by atoms with Crippen LogP contribution in [0.2, 0.25) is 0 Å². The van der Waals surface area contributed by atoms with Gasteiger partial charge >= 0.3 is 0 Å². The Morgan fingerprint density at radius 2 is 1.79 bits per heavy atom. The summed E-state index contributed by atoms with van der Waals surface area (Å²) < 4.78 is 10.7. The van der Waals surface area contributed by atoms with E-state index in [0.717, 1.165) is 23.5 Å². The second kappa shape index (κ2) is 4.59. The minimum Gasteiger partial charge on any atom is -0.454 e. The Balaban J connectivity index is 1.87. The van der Waals surface area contributed by atoms with Gasteiger partial charge in [-0.3, -0.25) is 0 Å². The summed E-state index contributed by atoms with van der Waals surface area (Å²) in [5.74, 6) is 1.57. The average molecular weight is 255 g/mol. The van der Waals surface area contributed by atoms with Crippen molar-refractivity contribution >= 4 is 0 Å². The predicted octanol–water partition coefficient (Wildman–Crippen LogP) is 2.83. The fraction of sp³-hybridized carbons (Fsp3) is 0.250. The first-order valence-electron chi connectivity index (χ1n) is 6.38. The van der Waals surface area contributed by atoms with Crippen molar-refractivity contribution in [2.75, 3.05) is 6.79 Å². The Morgan fingerprint density at radius 1 is 1.05 bits per heavy atom. The SMILES string of the molecule is CC(N)(Cc1ccccc1)c1ccc2c(c1)OCO2. The zero-order chi connectivity index (χ0) is 13.3. The van der Waals surface area contributed by atoms with Crippen LogP contribution in [0, 0.1) is 0 Å². The summed E-state index contributed by atoms with van der Waals surface area (Å²) in [5.41, 5.74) is 8.32. The molecule has 1 unspecified atom stereocenters. The van der Waals surface area contributed by atoms with Gasteiger partial charge in [0.25, 0.3) is 0 Å². The molecule has 19 heavy (non-hydrogen) atoms. The molecule has 1 aliphatic rings. The highest BCUT2D eigenvalue weighted by Crippen LogP contribution is 2.35. The molecule has 0 saturated heterocycles. The van der Waals surface area contributed by atoms with Crippen molar-refractivity contribution in [2.45, 2.75) is 18.9 Å². The van der Waals surface area contributed by atoms with Crippen molar-refractivity contribution in [1.29, 1.82) is 0 Å². The number of benzene rings is 2. The quantitative estimate of drug-likeness (QED) is 0.917. The van der Waals surface area contributed by atoms with Crippen LogP contribution in [0.25, 0.3) is 0 Å². The molecule has 0 bridgehead atoms. The van der Waals surface area contributed by atoms with Crippen molar-refractivity contribution in [3.05, 3.63) is 59.7 Å². The fourth-order valence-electron chi connectivity index (χ4n) is 2.37. The van der Waals surface area contributed by atoms with Gasteiger partial charge in [-0.2, -0.15) is 0 Å². The number of fused-ring (bicyclic) bond motifs is 1. The van der Waals surface area contributed by atoms with Crippen molar-refractivity contribution in [3.63, 3.8) is 0 Å². The molecule has 2 aromatic carbocycles. The lowest BCUT2D eigenvalue weighted by molar-refractivity contribution is 0.174. The van der Waals surface area contributed by atoms with E-state index in [9.17, 15) is 0 Å². The van der Waals surface area contributed by atoms with Crippen molar-refractivity contribution < 1.29 is 9.47 Å². The van der Waals surface area contributed by atoms with Gasteiger partial charge in [-0.15, -0.1) is 0 Å². The Hall–Kier alpha value is -2.00. The topological polar surface area (TPSA) is 44.5 Å². The van der Waals surface area contributed by atoms with Crippen LogP contribution in [-0.4, -0.2) is 6.79 Å². The first-order valence-corrected chi connectivity index (χ1v) is 6.38. The molecule has 98 valence electrons. The van der Waals surface area contributed by atoms with Gasteiger partial charge in [0.15, 0.2) is 11.5 Å². The maximum atomic E-state index is 6.47. The second-order valence-corrected chi connectivity index (χ2v) is 5.15. The minimum atomic E-state index is -0.428. The Labute approximate surface area is 113 Å². The molecule has 3 nitrogen and oxygen atoms in total. The summed E-state index contributed by atoms with van der Waals surface area (Å²) in [6.45, 7) is 2.33. The lowest BCUT2D eigenvalue weighted by Gasteiger charge is -2.25. The van der Waals surface area contributed by atoms with Gasteiger partial charge in [-0.1, -0.05) is 36.4 Å². The van der Waals surface area contributed by atoms with Gasteiger partial charge in [0, 0.05) is 5.54 Å². The van der Waals surface area contributed by atoms with Gasteiger partial charge < -0.3 is 15.2 Å². The molecule has 0 amide bonds. The van der Waals surface area contributed by atoms with E-state index in [0.29, 0.717) is 6.79 Å². The first-order chi connectivity index (χ1) is 9.15. The molecule has 0 radical (unpaired) electrons. The zero-order valence-corrected chi connectivity index (χ0v) is 10.9. The third-order valence-electron chi connectivity index (χ3n) is 3.45. The van der Waals surface area contributed by atoms with Crippen molar-refractivity contribution in [2.24, 2.45) is 5.73 Å².